The molecule has 0 aliphatic carbocycles. The van der Waals surface area contributed by atoms with Crippen LogP contribution in [0.4, 0.5) is 0 Å². The van der Waals surface area contributed by atoms with Crippen molar-refractivity contribution in [1.82, 2.24) is 36.5 Å². The topological polar surface area (TPSA) is 296 Å². The average Bonchev–Trinajstić information content (AvgIpc) is 3.14. The Morgan fingerprint density at radius 1 is 0.482 bits per heavy atom. The molecule has 7 amide bonds. The number of carboxylic acids is 1. The molecule has 0 saturated heterocycles. The number of nitrogens with one attached hydrogen (secondary N) is 4. The molecule has 9 N–H and O–H groups in total. The van der Waals surface area contributed by atoms with Crippen LogP contribution in [0.15, 0.2) is 0 Å². The van der Waals surface area contributed by atoms with Gasteiger partial charge < -0.3 is 31.5 Å². The van der Waals surface area contributed by atoms with Crippen LogP contribution in [0, 0.1) is 0 Å². The van der Waals surface area contributed by atoms with Gasteiger partial charge in [0.15, 0.2) is 0 Å². The number of nitrogens with zero attached hydrogens (tertiary/aromatic N) is 3. The molecular formula is C36H65N7O13. The molecule has 0 fully saturated rings. The number of aliphatic hydroxyl groups excluding tert-OH is 1. The molecule has 0 saturated carbocycles. The number of hydrogen-bond donors (Lipinski definition) is 9. The van der Waals surface area contributed by atoms with E-state index in [9.17, 15) is 64.2 Å². The second-order valence-corrected chi connectivity index (χ2v) is 13.8. The lowest BCUT2D eigenvalue weighted by atomic mass is 10.0. The largest absolute Gasteiger partial charge is 0.480 e. The molecule has 0 bridgehead atoms. The molecule has 0 unspecified atom stereocenters. The smallest absolute Gasteiger partial charge is 0.326 e. The van der Waals surface area contributed by atoms with Crippen LogP contribution >= 0.6 is 0 Å². The highest BCUT2D eigenvalue weighted by molar-refractivity contribution is 5.95. The molecule has 20 heteroatoms. The maximum absolute atomic E-state index is 13.6. The number of aliphatic carboxylic acids is 1. The molecule has 0 spiro atoms. The van der Waals surface area contributed by atoms with E-state index in [1.807, 2.05) is 0 Å². The van der Waals surface area contributed by atoms with E-state index in [0.717, 1.165) is 46.5 Å². The number of hydroxylamine groups is 6. The fourth-order valence-corrected chi connectivity index (χ4v) is 5.48. The van der Waals surface area contributed by atoms with Crippen molar-refractivity contribution >= 4 is 47.3 Å². The zero-order valence-electron chi connectivity index (χ0n) is 33.3. The van der Waals surface area contributed by atoms with Crippen molar-refractivity contribution in [3.05, 3.63) is 0 Å². The lowest BCUT2D eigenvalue weighted by Crippen LogP contribution is -2.58. The molecule has 0 aromatic carbocycles. The minimum atomic E-state index is -1.70. The number of amides is 7. The summed E-state index contributed by atoms with van der Waals surface area (Å²) in [5.74, 6) is -6.82. The van der Waals surface area contributed by atoms with Crippen molar-refractivity contribution < 1.29 is 64.2 Å². The first-order chi connectivity index (χ1) is 26.4. The summed E-state index contributed by atoms with van der Waals surface area (Å²) in [5, 5.41) is 59.5. The van der Waals surface area contributed by atoms with E-state index in [2.05, 4.69) is 28.2 Å². The van der Waals surface area contributed by atoms with Crippen molar-refractivity contribution in [2.75, 3.05) is 26.2 Å². The lowest BCUT2D eigenvalue weighted by molar-refractivity contribution is -0.163. The highest BCUT2D eigenvalue weighted by Crippen LogP contribution is 2.11. The Kier molecular flexibility index (Phi) is 27.5. The normalized spacial score (nSPS) is 13.0. The Balaban J connectivity index is 5.85. The van der Waals surface area contributed by atoms with E-state index < -0.39 is 78.1 Å². The Hall–Kier alpha value is -4.40. The summed E-state index contributed by atoms with van der Waals surface area (Å²) in [5.41, 5.74) is 0. The third kappa shape index (κ3) is 23.5. The van der Waals surface area contributed by atoms with Gasteiger partial charge in [-0.25, -0.2) is 20.0 Å². The third-order valence-corrected chi connectivity index (χ3v) is 8.90. The summed E-state index contributed by atoms with van der Waals surface area (Å²) in [6, 6.07) is -5.90. The molecule has 0 aromatic rings. The number of unbranched alkanes of at least 4 members (excludes halogenated alkanes) is 8. The van der Waals surface area contributed by atoms with Gasteiger partial charge in [0.1, 0.15) is 24.2 Å². The van der Waals surface area contributed by atoms with Gasteiger partial charge in [0.2, 0.25) is 41.4 Å². The first-order valence-electron chi connectivity index (χ1n) is 19.4. The zero-order valence-corrected chi connectivity index (χ0v) is 33.3. The molecule has 0 rings (SSSR count). The Morgan fingerprint density at radius 2 is 0.821 bits per heavy atom. The van der Waals surface area contributed by atoms with Crippen LogP contribution in [0.25, 0.3) is 0 Å². The molecule has 0 radical (unpaired) electrons. The van der Waals surface area contributed by atoms with Crippen molar-refractivity contribution in [3.8, 4) is 0 Å². The first kappa shape index (κ1) is 51.6. The Bertz CT molecular complexity index is 1260. The fraction of sp³-hybridized carbons (Fsp3) is 0.778. The molecule has 0 aliphatic heterocycles. The van der Waals surface area contributed by atoms with Crippen molar-refractivity contribution in [1.29, 1.82) is 0 Å². The summed E-state index contributed by atoms with van der Waals surface area (Å²) in [4.78, 5) is 99.1. The van der Waals surface area contributed by atoms with Crippen molar-refractivity contribution in [2.45, 2.75) is 155 Å². The van der Waals surface area contributed by atoms with Crippen LogP contribution in [-0.4, -0.2) is 139 Å². The second kappa shape index (κ2) is 29.8. The van der Waals surface area contributed by atoms with Gasteiger partial charge >= 0.3 is 5.97 Å². The predicted molar refractivity (Wildman–Crippen MR) is 200 cm³/mol. The summed E-state index contributed by atoms with van der Waals surface area (Å²) < 4.78 is 0. The summed E-state index contributed by atoms with van der Waals surface area (Å²) >= 11 is 0. The minimum Gasteiger partial charge on any atom is -0.480 e. The van der Waals surface area contributed by atoms with Crippen molar-refractivity contribution in [2.24, 2.45) is 0 Å². The van der Waals surface area contributed by atoms with E-state index in [-0.39, 0.29) is 64.6 Å². The molecular weight excluding hydrogens is 738 g/mol. The number of carbonyl (C=O) groups is 8. The quantitative estimate of drug-likeness (QED) is 0.0269. The molecule has 322 valence electrons. The number of rotatable bonds is 31. The summed E-state index contributed by atoms with van der Waals surface area (Å²) in [6.45, 7) is 3.88. The van der Waals surface area contributed by atoms with Crippen LogP contribution in [0.5, 0.6) is 0 Å². The Morgan fingerprint density at radius 3 is 1.21 bits per heavy atom. The maximum Gasteiger partial charge on any atom is 0.326 e. The Labute approximate surface area is 328 Å². The third-order valence-electron chi connectivity index (χ3n) is 8.90. The fourth-order valence-electron chi connectivity index (χ4n) is 5.48. The molecule has 0 aromatic heterocycles. The SMILES string of the molecule is CCCCCCCCCCCC(=O)N[C@H](CCCN(O)C(C)=O)C(=O)N[C@H](CCCN(O)C(C)=O)C(=O)N[C@@H](CO)C(=O)N[C@@H](CCCN(O)C(C)=O)C(=O)O. The molecule has 20 nitrogen and oxygen atoms in total. The molecule has 0 heterocycles. The van der Waals surface area contributed by atoms with Crippen LogP contribution in [0.1, 0.15) is 130 Å². The molecule has 4 atom stereocenters. The highest BCUT2D eigenvalue weighted by atomic mass is 16.5. The van der Waals surface area contributed by atoms with Gasteiger partial charge in [0.05, 0.1) is 6.61 Å². The van der Waals surface area contributed by atoms with E-state index in [0.29, 0.717) is 21.6 Å². The van der Waals surface area contributed by atoms with E-state index in [1.54, 1.807) is 0 Å². The highest BCUT2D eigenvalue weighted by Gasteiger charge is 2.31. The van der Waals surface area contributed by atoms with Crippen LogP contribution in [0.3, 0.4) is 0 Å². The van der Waals surface area contributed by atoms with Gasteiger partial charge in [-0.3, -0.25) is 49.2 Å². The van der Waals surface area contributed by atoms with Gasteiger partial charge in [-0.05, 0) is 44.9 Å². The van der Waals surface area contributed by atoms with Crippen LogP contribution < -0.4 is 21.3 Å². The van der Waals surface area contributed by atoms with Gasteiger partial charge in [-0.2, -0.15) is 0 Å². The van der Waals surface area contributed by atoms with Crippen LogP contribution in [-0.2, 0) is 38.4 Å². The number of carbonyl (C=O) groups excluding carboxylic acids is 7. The number of hydrogen-bond acceptors (Lipinski definition) is 12. The summed E-state index contributed by atoms with van der Waals surface area (Å²) in [7, 11) is 0. The predicted octanol–water partition coefficient (Wildman–Crippen LogP) is 0.977. The first-order valence-corrected chi connectivity index (χ1v) is 19.4. The van der Waals surface area contributed by atoms with Gasteiger partial charge in [-0.1, -0.05) is 58.3 Å². The average molecular weight is 804 g/mol. The number of aliphatic hydroxyl groups is 1. The lowest BCUT2D eigenvalue weighted by Gasteiger charge is -2.26. The van der Waals surface area contributed by atoms with Crippen LogP contribution in [0.2, 0.25) is 0 Å². The second-order valence-electron chi connectivity index (χ2n) is 13.8. The summed E-state index contributed by atoms with van der Waals surface area (Å²) in [6.07, 6.45) is 8.91. The number of carboxylic acid groups (broad SMARTS) is 1. The van der Waals surface area contributed by atoms with E-state index in [1.165, 1.54) is 25.7 Å². The standard InChI is InChI=1S/C36H65N7O13/c1-5-6-7-8-9-10-11-12-13-20-32(48)37-28(17-14-21-41(54)25(2)45)33(49)38-29(18-15-22-42(55)26(3)46)34(50)40-31(24-44)35(51)39-30(36(52)53)19-16-23-43(56)27(4)47/h28-31,44,54-56H,5-24H2,1-4H3,(H,37,48)(H,38,49)(H,39,51)(H,40,50)(H,52,53)/t28-,29-,30+,31+/m1/s1. The van der Waals surface area contributed by atoms with Gasteiger partial charge in [0, 0.05) is 46.8 Å². The van der Waals surface area contributed by atoms with Gasteiger partial charge in [0.25, 0.3) is 0 Å². The maximum atomic E-state index is 13.6. The van der Waals surface area contributed by atoms with Gasteiger partial charge in [-0.15, -0.1) is 0 Å². The van der Waals surface area contributed by atoms with Crippen molar-refractivity contribution in [3.63, 3.8) is 0 Å². The van der Waals surface area contributed by atoms with E-state index >= 15 is 0 Å². The molecule has 56 heavy (non-hydrogen) atoms. The monoisotopic (exact) mass is 803 g/mol. The minimum absolute atomic E-state index is 0.0261. The van der Waals surface area contributed by atoms with E-state index in [4.69, 9.17) is 0 Å². The molecule has 0 aliphatic rings. The zero-order chi connectivity index (χ0) is 42.6.